The Balaban J connectivity index is 1.56. The largest absolute Gasteiger partial charge is 0.271 e. The number of aryl methyl sites for hydroxylation is 1. The van der Waals surface area contributed by atoms with Gasteiger partial charge in [-0.15, -0.1) is 10.2 Å². The van der Waals surface area contributed by atoms with E-state index in [0.717, 1.165) is 26.2 Å². The SMILES string of the molecule is C/C(=N\NC(=O)c1ccc(CSc2nnc(C)s2)cc1)c1ccc(Cl)cc1. The number of benzene rings is 2. The molecule has 0 aliphatic carbocycles. The second-order valence-corrected chi connectivity index (χ2v) is 8.56. The summed E-state index contributed by atoms with van der Waals surface area (Å²) in [5.41, 5.74) is 5.87. The molecule has 0 fully saturated rings. The number of carbonyl (C=O) groups is 1. The first-order chi connectivity index (χ1) is 13.0. The van der Waals surface area contributed by atoms with E-state index in [2.05, 4.69) is 20.7 Å². The number of amides is 1. The Labute approximate surface area is 170 Å². The predicted molar refractivity (Wildman–Crippen MR) is 112 cm³/mol. The third-order valence-corrected chi connectivity index (χ3v) is 5.97. The molecule has 0 unspecified atom stereocenters. The lowest BCUT2D eigenvalue weighted by Crippen LogP contribution is -2.19. The van der Waals surface area contributed by atoms with Crippen LogP contribution < -0.4 is 5.43 Å². The Hall–Kier alpha value is -2.22. The van der Waals surface area contributed by atoms with Gasteiger partial charge < -0.3 is 0 Å². The zero-order chi connectivity index (χ0) is 19.2. The number of halogens is 1. The van der Waals surface area contributed by atoms with Gasteiger partial charge in [-0.05, 0) is 49.2 Å². The Morgan fingerprint density at radius 2 is 1.78 bits per heavy atom. The fraction of sp³-hybridized carbons (Fsp3) is 0.158. The summed E-state index contributed by atoms with van der Waals surface area (Å²) in [5.74, 6) is 0.534. The first-order valence-corrected chi connectivity index (χ1v) is 10.3. The molecule has 0 saturated heterocycles. The molecule has 0 aliphatic rings. The normalized spacial score (nSPS) is 11.4. The molecule has 0 spiro atoms. The van der Waals surface area contributed by atoms with E-state index in [4.69, 9.17) is 11.6 Å². The van der Waals surface area contributed by atoms with Gasteiger partial charge in [0.15, 0.2) is 4.34 Å². The minimum absolute atomic E-state index is 0.248. The van der Waals surface area contributed by atoms with E-state index < -0.39 is 0 Å². The van der Waals surface area contributed by atoms with E-state index in [0.29, 0.717) is 16.3 Å². The van der Waals surface area contributed by atoms with Gasteiger partial charge >= 0.3 is 0 Å². The molecule has 1 amide bonds. The maximum Gasteiger partial charge on any atom is 0.271 e. The third-order valence-electron chi connectivity index (χ3n) is 3.67. The molecule has 0 radical (unpaired) electrons. The van der Waals surface area contributed by atoms with Crippen molar-refractivity contribution < 1.29 is 4.79 Å². The Morgan fingerprint density at radius 3 is 2.41 bits per heavy atom. The van der Waals surface area contributed by atoms with Crippen molar-refractivity contribution >= 4 is 46.3 Å². The van der Waals surface area contributed by atoms with E-state index in [1.165, 1.54) is 0 Å². The monoisotopic (exact) mass is 416 g/mol. The van der Waals surface area contributed by atoms with Crippen LogP contribution in [0.1, 0.15) is 33.4 Å². The van der Waals surface area contributed by atoms with Crippen molar-refractivity contribution in [3.63, 3.8) is 0 Å². The summed E-state index contributed by atoms with van der Waals surface area (Å²) in [4.78, 5) is 12.3. The van der Waals surface area contributed by atoms with Crippen molar-refractivity contribution in [2.45, 2.75) is 23.9 Å². The molecule has 3 rings (SSSR count). The van der Waals surface area contributed by atoms with Gasteiger partial charge in [-0.2, -0.15) is 5.10 Å². The summed E-state index contributed by atoms with van der Waals surface area (Å²) in [6.45, 7) is 3.77. The van der Waals surface area contributed by atoms with Crippen LogP contribution in [0.2, 0.25) is 5.02 Å². The summed E-state index contributed by atoms with van der Waals surface area (Å²) in [6.07, 6.45) is 0. The number of hydrogen-bond acceptors (Lipinski definition) is 6. The molecule has 1 N–H and O–H groups in total. The molecular weight excluding hydrogens is 400 g/mol. The second kappa shape index (κ2) is 9.12. The van der Waals surface area contributed by atoms with Crippen LogP contribution in [-0.2, 0) is 5.75 Å². The van der Waals surface area contributed by atoms with Crippen LogP contribution in [0.15, 0.2) is 58.0 Å². The average Bonchev–Trinajstić information content (AvgIpc) is 3.10. The number of aromatic nitrogens is 2. The number of nitrogens with zero attached hydrogens (tertiary/aromatic N) is 3. The van der Waals surface area contributed by atoms with Gasteiger partial charge in [0.2, 0.25) is 0 Å². The summed E-state index contributed by atoms with van der Waals surface area (Å²) < 4.78 is 0.946. The van der Waals surface area contributed by atoms with Gasteiger partial charge in [-0.3, -0.25) is 4.79 Å². The van der Waals surface area contributed by atoms with E-state index in [9.17, 15) is 4.79 Å². The summed E-state index contributed by atoms with van der Waals surface area (Å²) in [6, 6.07) is 14.8. The predicted octanol–water partition coefficient (Wildman–Crippen LogP) is 4.95. The number of nitrogens with one attached hydrogen (secondary N) is 1. The standard InChI is InChI=1S/C19H17ClN4OS2/c1-12(15-7-9-17(20)10-8-15)21-23-18(25)16-5-3-14(4-6-16)11-26-19-24-22-13(2)27-19/h3-10H,11H2,1-2H3,(H,23,25)/b21-12+. The lowest BCUT2D eigenvalue weighted by molar-refractivity contribution is 0.0955. The fourth-order valence-electron chi connectivity index (χ4n) is 2.19. The van der Waals surface area contributed by atoms with Gasteiger partial charge in [-0.1, -0.05) is 59.0 Å². The molecule has 2 aromatic carbocycles. The molecular formula is C19H17ClN4OS2. The van der Waals surface area contributed by atoms with Crippen LogP contribution in [0, 0.1) is 6.92 Å². The summed E-state index contributed by atoms with van der Waals surface area (Å²) >= 11 is 9.09. The minimum atomic E-state index is -0.248. The Kier molecular flexibility index (Phi) is 6.60. The molecule has 0 atom stereocenters. The number of hydrazone groups is 1. The highest BCUT2D eigenvalue weighted by atomic mass is 35.5. The number of thioether (sulfide) groups is 1. The average molecular weight is 417 g/mol. The van der Waals surface area contributed by atoms with Crippen LogP contribution in [0.3, 0.4) is 0 Å². The first kappa shape index (κ1) is 19.5. The number of hydrogen-bond donors (Lipinski definition) is 1. The highest BCUT2D eigenvalue weighted by molar-refractivity contribution is 8.00. The van der Waals surface area contributed by atoms with E-state index in [1.807, 2.05) is 38.1 Å². The molecule has 27 heavy (non-hydrogen) atoms. The maximum atomic E-state index is 12.3. The van der Waals surface area contributed by atoms with Crippen molar-refractivity contribution in [3.05, 3.63) is 75.3 Å². The van der Waals surface area contributed by atoms with Crippen LogP contribution in [0.5, 0.6) is 0 Å². The van der Waals surface area contributed by atoms with Gasteiger partial charge in [0.1, 0.15) is 5.01 Å². The maximum absolute atomic E-state index is 12.3. The molecule has 1 aromatic heterocycles. The molecule has 138 valence electrons. The molecule has 0 saturated carbocycles. The van der Waals surface area contributed by atoms with Crippen molar-refractivity contribution in [1.29, 1.82) is 0 Å². The molecule has 8 heteroatoms. The van der Waals surface area contributed by atoms with Crippen molar-refractivity contribution in [3.8, 4) is 0 Å². The first-order valence-electron chi connectivity index (χ1n) is 8.13. The van der Waals surface area contributed by atoms with Gasteiger partial charge in [0.25, 0.3) is 5.91 Å². The lowest BCUT2D eigenvalue weighted by Gasteiger charge is -2.04. The fourth-order valence-corrected chi connectivity index (χ4v) is 4.09. The minimum Gasteiger partial charge on any atom is -0.267 e. The van der Waals surface area contributed by atoms with Crippen molar-refractivity contribution in [1.82, 2.24) is 15.6 Å². The van der Waals surface area contributed by atoms with Crippen molar-refractivity contribution in [2.75, 3.05) is 0 Å². The Morgan fingerprint density at radius 1 is 1.11 bits per heavy atom. The van der Waals surface area contributed by atoms with Gasteiger partial charge in [-0.25, -0.2) is 5.43 Å². The van der Waals surface area contributed by atoms with Gasteiger partial charge in [0.05, 0.1) is 5.71 Å². The molecule has 0 aliphatic heterocycles. The molecule has 3 aromatic rings. The van der Waals surface area contributed by atoms with Crippen LogP contribution in [0.25, 0.3) is 0 Å². The molecule has 5 nitrogen and oxygen atoms in total. The van der Waals surface area contributed by atoms with Crippen molar-refractivity contribution in [2.24, 2.45) is 5.10 Å². The van der Waals surface area contributed by atoms with Crippen LogP contribution in [-0.4, -0.2) is 21.8 Å². The highest BCUT2D eigenvalue weighted by Crippen LogP contribution is 2.25. The third kappa shape index (κ3) is 5.63. The molecule has 1 heterocycles. The van der Waals surface area contributed by atoms with E-state index in [1.54, 1.807) is 47.4 Å². The van der Waals surface area contributed by atoms with Crippen LogP contribution in [0.4, 0.5) is 0 Å². The second-order valence-electron chi connectivity index (χ2n) is 5.72. The number of rotatable bonds is 6. The number of carbonyl (C=O) groups excluding carboxylic acids is 1. The van der Waals surface area contributed by atoms with Crippen LogP contribution >= 0.6 is 34.7 Å². The van der Waals surface area contributed by atoms with E-state index in [-0.39, 0.29) is 5.91 Å². The lowest BCUT2D eigenvalue weighted by atomic mass is 10.1. The summed E-state index contributed by atoms with van der Waals surface area (Å²) in [5, 5.41) is 13.9. The zero-order valence-corrected chi connectivity index (χ0v) is 17.2. The summed E-state index contributed by atoms with van der Waals surface area (Å²) in [7, 11) is 0. The smallest absolute Gasteiger partial charge is 0.267 e. The molecule has 0 bridgehead atoms. The quantitative estimate of drug-likeness (QED) is 0.351. The van der Waals surface area contributed by atoms with E-state index >= 15 is 0 Å². The Bertz CT molecular complexity index is 953. The zero-order valence-electron chi connectivity index (χ0n) is 14.8. The highest BCUT2D eigenvalue weighted by Gasteiger charge is 2.07. The van der Waals surface area contributed by atoms with Gasteiger partial charge in [0, 0.05) is 16.3 Å². The topological polar surface area (TPSA) is 67.2 Å².